The molecule has 1 amide bonds. The van der Waals surface area contributed by atoms with Gasteiger partial charge in [-0.15, -0.1) is 0 Å². The highest BCUT2D eigenvalue weighted by Gasteiger charge is 2.15. The molecule has 104 valence electrons. The molecule has 0 unspecified atom stereocenters. The Morgan fingerprint density at radius 1 is 1.32 bits per heavy atom. The highest BCUT2D eigenvalue weighted by molar-refractivity contribution is 5.94. The zero-order valence-electron chi connectivity index (χ0n) is 11.2. The summed E-state index contributed by atoms with van der Waals surface area (Å²) in [6.07, 6.45) is 2.71. The van der Waals surface area contributed by atoms with Crippen LogP contribution in [-0.4, -0.2) is 23.5 Å². The fourth-order valence-corrected chi connectivity index (χ4v) is 1.75. The first-order valence-corrected chi connectivity index (χ1v) is 6.50. The van der Waals surface area contributed by atoms with Crippen molar-refractivity contribution in [2.45, 2.75) is 32.6 Å². The van der Waals surface area contributed by atoms with Crippen molar-refractivity contribution in [2.24, 2.45) is 10.9 Å². The number of carbonyl (C=O) groups excluding carboxylic acids is 1. The predicted molar refractivity (Wildman–Crippen MR) is 76.3 cm³/mol. The highest BCUT2D eigenvalue weighted by Crippen LogP contribution is 2.16. The van der Waals surface area contributed by atoms with E-state index in [0.29, 0.717) is 19.4 Å². The van der Waals surface area contributed by atoms with Gasteiger partial charge < -0.3 is 15.8 Å². The second kappa shape index (κ2) is 8.13. The molecule has 3 N–H and O–H groups in total. The van der Waals surface area contributed by atoms with Crippen LogP contribution in [0.2, 0.25) is 0 Å². The average molecular weight is 263 g/mol. The second-order valence-corrected chi connectivity index (χ2v) is 4.33. The Morgan fingerprint density at radius 3 is 2.58 bits per heavy atom. The van der Waals surface area contributed by atoms with E-state index in [4.69, 9.17) is 10.9 Å². The number of nitrogens with two attached hydrogens (primary N) is 1. The molecule has 1 rings (SSSR count). The third kappa shape index (κ3) is 4.99. The summed E-state index contributed by atoms with van der Waals surface area (Å²) in [5, 5.41) is 11.5. The van der Waals surface area contributed by atoms with Crippen LogP contribution in [0.15, 0.2) is 35.5 Å². The van der Waals surface area contributed by atoms with Crippen LogP contribution in [0.1, 0.15) is 32.6 Å². The fraction of sp³-hybridized carbons (Fsp3) is 0.429. The predicted octanol–water partition coefficient (Wildman–Crippen LogP) is 2.35. The first kappa shape index (κ1) is 15.0. The molecule has 0 aliphatic rings. The van der Waals surface area contributed by atoms with Gasteiger partial charge in [-0.2, -0.15) is 0 Å². The molecule has 1 aromatic rings. The molecule has 5 heteroatoms. The number of hydrogen-bond acceptors (Lipinski definition) is 3. The summed E-state index contributed by atoms with van der Waals surface area (Å²) in [4.78, 5) is 13.9. The number of amidine groups is 1. The molecule has 19 heavy (non-hydrogen) atoms. The molecule has 0 aromatic heterocycles. The van der Waals surface area contributed by atoms with Crippen molar-refractivity contribution in [1.29, 1.82) is 0 Å². The smallest absolute Gasteiger partial charge is 0.226 e. The van der Waals surface area contributed by atoms with E-state index in [2.05, 4.69) is 12.1 Å². The maximum Gasteiger partial charge on any atom is 0.226 e. The molecule has 0 bridgehead atoms. The lowest BCUT2D eigenvalue weighted by Gasteiger charge is -2.22. The number of oxime groups is 1. The summed E-state index contributed by atoms with van der Waals surface area (Å²) in [6, 6.07) is 9.45. The van der Waals surface area contributed by atoms with E-state index in [-0.39, 0.29) is 11.7 Å². The topological polar surface area (TPSA) is 78.9 Å². The van der Waals surface area contributed by atoms with Crippen molar-refractivity contribution in [3.8, 4) is 0 Å². The van der Waals surface area contributed by atoms with Crippen LogP contribution >= 0.6 is 0 Å². The van der Waals surface area contributed by atoms with Gasteiger partial charge in [0.25, 0.3) is 0 Å². The monoisotopic (exact) mass is 263 g/mol. The second-order valence-electron chi connectivity index (χ2n) is 4.33. The molecule has 0 atom stereocenters. The van der Waals surface area contributed by atoms with Gasteiger partial charge in [-0.25, -0.2) is 0 Å². The van der Waals surface area contributed by atoms with Gasteiger partial charge in [-0.05, 0) is 18.6 Å². The van der Waals surface area contributed by atoms with E-state index in [1.165, 1.54) is 0 Å². The molecular weight excluding hydrogens is 242 g/mol. The van der Waals surface area contributed by atoms with Gasteiger partial charge in [0.05, 0.1) is 0 Å². The standard InChI is InChI=1S/C14H21N3O2/c1-2-3-9-14(18)17(11-10-13(15)16-19)12-7-5-4-6-8-12/h4-8,19H,2-3,9-11H2,1H3,(H2,15,16). The van der Waals surface area contributed by atoms with Crippen molar-refractivity contribution >= 4 is 17.4 Å². The average Bonchev–Trinajstić information content (AvgIpc) is 2.46. The van der Waals surface area contributed by atoms with Crippen molar-refractivity contribution < 1.29 is 10.0 Å². The van der Waals surface area contributed by atoms with Gasteiger partial charge in [0, 0.05) is 25.1 Å². The van der Waals surface area contributed by atoms with E-state index in [0.717, 1.165) is 18.5 Å². The largest absolute Gasteiger partial charge is 0.409 e. The van der Waals surface area contributed by atoms with Crippen LogP contribution < -0.4 is 10.6 Å². The van der Waals surface area contributed by atoms with Crippen molar-refractivity contribution in [2.75, 3.05) is 11.4 Å². The summed E-state index contributed by atoms with van der Waals surface area (Å²) < 4.78 is 0. The quantitative estimate of drug-likeness (QED) is 0.343. The van der Waals surface area contributed by atoms with Crippen molar-refractivity contribution in [3.05, 3.63) is 30.3 Å². The molecule has 5 nitrogen and oxygen atoms in total. The number of hydrogen-bond donors (Lipinski definition) is 2. The first-order chi connectivity index (χ1) is 9.19. The van der Waals surface area contributed by atoms with E-state index < -0.39 is 0 Å². The minimum Gasteiger partial charge on any atom is -0.409 e. The maximum absolute atomic E-state index is 12.2. The molecule has 1 aromatic carbocycles. The summed E-state index contributed by atoms with van der Waals surface area (Å²) in [5.41, 5.74) is 6.30. The molecule has 0 fully saturated rings. The lowest BCUT2D eigenvalue weighted by Crippen LogP contribution is -2.33. The van der Waals surface area contributed by atoms with Gasteiger partial charge in [-0.1, -0.05) is 36.7 Å². The molecule has 0 saturated heterocycles. The van der Waals surface area contributed by atoms with Crippen molar-refractivity contribution in [1.82, 2.24) is 0 Å². The number of unbranched alkanes of at least 4 members (excludes halogenated alkanes) is 1. The Bertz CT molecular complexity index is 418. The molecule has 0 heterocycles. The Hall–Kier alpha value is -2.04. The summed E-state index contributed by atoms with van der Waals surface area (Å²) in [7, 11) is 0. The number of para-hydroxylation sites is 1. The number of rotatable bonds is 7. The van der Waals surface area contributed by atoms with Crippen LogP contribution in [0.5, 0.6) is 0 Å². The van der Waals surface area contributed by atoms with E-state index in [1.807, 2.05) is 30.3 Å². The van der Waals surface area contributed by atoms with Crippen LogP contribution in [-0.2, 0) is 4.79 Å². The van der Waals surface area contributed by atoms with E-state index in [1.54, 1.807) is 4.90 Å². The number of benzene rings is 1. The number of amides is 1. The molecule has 0 radical (unpaired) electrons. The fourth-order valence-electron chi connectivity index (χ4n) is 1.75. The van der Waals surface area contributed by atoms with Gasteiger partial charge in [-0.3, -0.25) is 4.79 Å². The number of carbonyl (C=O) groups is 1. The van der Waals surface area contributed by atoms with Crippen molar-refractivity contribution in [3.63, 3.8) is 0 Å². The summed E-state index contributed by atoms with van der Waals surface area (Å²) in [5.74, 6) is 0.197. The third-order valence-corrected chi connectivity index (χ3v) is 2.83. The SMILES string of the molecule is CCCCC(=O)N(CC/C(N)=N/O)c1ccccc1. The number of anilines is 1. The Kier molecular flexibility index (Phi) is 6.43. The van der Waals surface area contributed by atoms with Gasteiger partial charge >= 0.3 is 0 Å². The number of nitrogens with zero attached hydrogens (tertiary/aromatic N) is 2. The van der Waals surface area contributed by atoms with E-state index >= 15 is 0 Å². The minimum absolute atomic E-state index is 0.0683. The summed E-state index contributed by atoms with van der Waals surface area (Å²) >= 11 is 0. The van der Waals surface area contributed by atoms with Crippen LogP contribution in [0.25, 0.3) is 0 Å². The molecule has 0 spiro atoms. The minimum atomic E-state index is 0.0683. The molecule has 0 saturated carbocycles. The lowest BCUT2D eigenvalue weighted by atomic mass is 10.2. The van der Waals surface area contributed by atoms with E-state index in [9.17, 15) is 4.79 Å². The molecule has 0 aliphatic heterocycles. The zero-order valence-corrected chi connectivity index (χ0v) is 11.2. The third-order valence-electron chi connectivity index (χ3n) is 2.83. The Morgan fingerprint density at radius 2 is 2.00 bits per heavy atom. The summed E-state index contributed by atoms with van der Waals surface area (Å²) in [6.45, 7) is 2.47. The Balaban J connectivity index is 2.76. The lowest BCUT2D eigenvalue weighted by molar-refractivity contribution is -0.118. The first-order valence-electron chi connectivity index (χ1n) is 6.50. The van der Waals surface area contributed by atoms with Crippen LogP contribution in [0.3, 0.4) is 0 Å². The molecular formula is C14H21N3O2. The van der Waals surface area contributed by atoms with Gasteiger partial charge in [0.15, 0.2) is 0 Å². The normalized spacial score (nSPS) is 11.3. The van der Waals surface area contributed by atoms with Gasteiger partial charge in [0.2, 0.25) is 5.91 Å². The van der Waals surface area contributed by atoms with Crippen LogP contribution in [0.4, 0.5) is 5.69 Å². The maximum atomic E-state index is 12.2. The van der Waals surface area contributed by atoms with Crippen LogP contribution in [0, 0.1) is 0 Å². The zero-order chi connectivity index (χ0) is 14.1. The van der Waals surface area contributed by atoms with Gasteiger partial charge in [0.1, 0.15) is 5.84 Å². The highest BCUT2D eigenvalue weighted by atomic mass is 16.4. The Labute approximate surface area is 113 Å². The molecule has 0 aliphatic carbocycles.